The highest BCUT2D eigenvalue weighted by atomic mass is 32.1. The predicted octanol–water partition coefficient (Wildman–Crippen LogP) is 5.18. The lowest BCUT2D eigenvalue weighted by molar-refractivity contribution is -0.129. The van der Waals surface area contributed by atoms with Gasteiger partial charge in [0.15, 0.2) is 5.76 Å². The second-order valence-corrected chi connectivity index (χ2v) is 9.12. The van der Waals surface area contributed by atoms with Gasteiger partial charge in [0.25, 0.3) is 5.91 Å². The first-order valence-electron chi connectivity index (χ1n) is 11.0. The number of carbonyl (C=O) groups excluding carboxylic acids is 2. The molecule has 3 rings (SSSR count). The molecule has 0 spiro atoms. The number of hydrogen-bond acceptors (Lipinski definition) is 5. The number of ketones is 1. The van der Waals surface area contributed by atoms with Crippen LogP contribution in [0.4, 0.5) is 0 Å². The van der Waals surface area contributed by atoms with Crippen molar-refractivity contribution in [2.45, 2.75) is 46.1 Å². The number of aliphatic hydroxyl groups is 1. The molecule has 166 valence electrons. The smallest absolute Gasteiger partial charge is 0.290 e. The number of hydrogen-bond donors (Lipinski definition) is 1. The lowest BCUT2D eigenvalue weighted by Crippen LogP contribution is -2.34. The second-order valence-electron chi connectivity index (χ2n) is 8.17. The predicted molar refractivity (Wildman–Crippen MR) is 126 cm³/mol. The van der Waals surface area contributed by atoms with Gasteiger partial charge < -0.3 is 14.9 Å². The molecule has 2 aromatic rings. The van der Waals surface area contributed by atoms with Crippen molar-refractivity contribution in [3.63, 3.8) is 0 Å². The Morgan fingerprint density at radius 3 is 2.39 bits per heavy atom. The summed E-state index contributed by atoms with van der Waals surface area (Å²) < 4.78 is 0. The van der Waals surface area contributed by atoms with Gasteiger partial charge in [-0.1, -0.05) is 58.0 Å². The van der Waals surface area contributed by atoms with Crippen LogP contribution in [0.1, 0.15) is 66.9 Å². The molecule has 0 aliphatic carbocycles. The number of Topliss-reactive ketones (excluding diaryl/α,β-unsaturated/α-hetero) is 1. The van der Waals surface area contributed by atoms with E-state index in [1.807, 2.05) is 29.6 Å². The monoisotopic (exact) mass is 440 g/mol. The molecule has 0 bridgehead atoms. The topological polar surface area (TPSA) is 60.9 Å². The minimum atomic E-state index is -0.569. The summed E-state index contributed by atoms with van der Waals surface area (Å²) in [5.74, 6) is -0.762. The van der Waals surface area contributed by atoms with E-state index in [9.17, 15) is 14.7 Å². The molecule has 5 nitrogen and oxygen atoms in total. The molecule has 6 heteroatoms. The Labute approximate surface area is 189 Å². The summed E-state index contributed by atoms with van der Waals surface area (Å²) in [6.07, 6.45) is 0.780. The standard InChI is InChI=1S/C25H32N2O3S/c1-5-26(6-2)14-8-15-27-22(19-12-10-18(11-13-19)17(3)4)21(24(29)25(27)30)23(28)20-9-7-16-31-20/h7,9-13,16-17,22,29H,5-6,8,14-15H2,1-4H3. The van der Waals surface area contributed by atoms with Crippen LogP contribution in [0.2, 0.25) is 0 Å². The van der Waals surface area contributed by atoms with Gasteiger partial charge in [-0.25, -0.2) is 0 Å². The first-order valence-corrected chi connectivity index (χ1v) is 11.9. The maximum atomic E-state index is 13.2. The number of amides is 1. The van der Waals surface area contributed by atoms with Gasteiger partial charge in [0.05, 0.1) is 16.5 Å². The van der Waals surface area contributed by atoms with Gasteiger partial charge in [0, 0.05) is 6.54 Å². The molecule has 0 radical (unpaired) electrons. The average Bonchev–Trinajstić information content (AvgIpc) is 3.39. The largest absolute Gasteiger partial charge is 0.503 e. The van der Waals surface area contributed by atoms with Crippen LogP contribution < -0.4 is 0 Å². The minimum absolute atomic E-state index is 0.188. The van der Waals surface area contributed by atoms with Crippen LogP contribution >= 0.6 is 11.3 Å². The van der Waals surface area contributed by atoms with Gasteiger partial charge in [-0.15, -0.1) is 11.3 Å². The number of aliphatic hydroxyl groups excluding tert-OH is 1. The Bertz CT molecular complexity index is 928. The van der Waals surface area contributed by atoms with E-state index in [1.165, 1.54) is 16.9 Å². The zero-order valence-electron chi connectivity index (χ0n) is 18.8. The van der Waals surface area contributed by atoms with E-state index >= 15 is 0 Å². The summed E-state index contributed by atoms with van der Waals surface area (Å²) in [6, 6.07) is 11.0. The SMILES string of the molecule is CCN(CC)CCCN1C(=O)C(O)=C(C(=O)c2cccs2)C1c1ccc(C(C)C)cc1. The van der Waals surface area contributed by atoms with Gasteiger partial charge in [0.2, 0.25) is 5.78 Å². The fourth-order valence-corrected chi connectivity index (χ4v) is 4.75. The minimum Gasteiger partial charge on any atom is -0.503 e. The average molecular weight is 441 g/mol. The molecular weight excluding hydrogens is 408 g/mol. The first-order chi connectivity index (χ1) is 14.9. The van der Waals surface area contributed by atoms with Crippen molar-refractivity contribution in [2.75, 3.05) is 26.2 Å². The lowest BCUT2D eigenvalue weighted by atomic mass is 9.93. The van der Waals surface area contributed by atoms with Crippen LogP contribution in [-0.4, -0.2) is 52.8 Å². The third-order valence-electron chi connectivity index (χ3n) is 5.98. The zero-order valence-corrected chi connectivity index (χ0v) is 19.6. The Balaban J connectivity index is 1.94. The Hall–Kier alpha value is -2.44. The third-order valence-corrected chi connectivity index (χ3v) is 6.85. The summed E-state index contributed by atoms with van der Waals surface area (Å²) in [7, 11) is 0. The van der Waals surface area contributed by atoms with Gasteiger partial charge in [-0.2, -0.15) is 0 Å². The molecule has 1 aliphatic heterocycles. The molecular formula is C25H32N2O3S. The normalized spacial score (nSPS) is 16.8. The van der Waals surface area contributed by atoms with Crippen LogP contribution in [0.15, 0.2) is 53.1 Å². The van der Waals surface area contributed by atoms with Crippen LogP contribution in [0.3, 0.4) is 0 Å². The Morgan fingerprint density at radius 1 is 1.16 bits per heavy atom. The second kappa shape index (κ2) is 10.2. The molecule has 1 unspecified atom stereocenters. The van der Waals surface area contributed by atoms with E-state index in [4.69, 9.17) is 0 Å². The zero-order chi connectivity index (χ0) is 22.5. The number of nitrogens with zero attached hydrogens (tertiary/aromatic N) is 2. The summed E-state index contributed by atoms with van der Waals surface area (Å²) >= 11 is 1.32. The van der Waals surface area contributed by atoms with Crippen molar-refractivity contribution in [1.29, 1.82) is 0 Å². The van der Waals surface area contributed by atoms with E-state index in [1.54, 1.807) is 17.0 Å². The molecule has 1 atom stereocenters. The highest BCUT2D eigenvalue weighted by Crippen LogP contribution is 2.39. The first kappa shape index (κ1) is 23.2. The van der Waals surface area contributed by atoms with E-state index in [0.29, 0.717) is 17.3 Å². The molecule has 1 amide bonds. The molecule has 1 aromatic heterocycles. The molecule has 0 saturated carbocycles. The van der Waals surface area contributed by atoms with Crippen LogP contribution in [-0.2, 0) is 4.79 Å². The quantitative estimate of drug-likeness (QED) is 0.517. The summed E-state index contributed by atoms with van der Waals surface area (Å²) in [6.45, 7) is 11.8. The molecule has 1 aliphatic rings. The summed E-state index contributed by atoms with van der Waals surface area (Å²) in [5, 5.41) is 12.6. The maximum absolute atomic E-state index is 13.2. The Morgan fingerprint density at radius 2 is 1.84 bits per heavy atom. The number of carbonyl (C=O) groups is 2. The molecule has 0 fully saturated rings. The fourth-order valence-electron chi connectivity index (χ4n) is 4.07. The van der Waals surface area contributed by atoms with Crippen molar-refractivity contribution >= 4 is 23.0 Å². The van der Waals surface area contributed by atoms with Crippen molar-refractivity contribution in [3.05, 3.63) is 69.1 Å². The van der Waals surface area contributed by atoms with Crippen LogP contribution in [0.25, 0.3) is 0 Å². The van der Waals surface area contributed by atoms with Crippen molar-refractivity contribution < 1.29 is 14.7 Å². The number of rotatable bonds is 10. The van der Waals surface area contributed by atoms with E-state index in [2.05, 4.69) is 32.6 Å². The van der Waals surface area contributed by atoms with Crippen molar-refractivity contribution in [1.82, 2.24) is 9.80 Å². The van der Waals surface area contributed by atoms with Crippen molar-refractivity contribution in [2.24, 2.45) is 0 Å². The van der Waals surface area contributed by atoms with E-state index < -0.39 is 17.7 Å². The summed E-state index contributed by atoms with van der Waals surface area (Å²) in [5.41, 5.74) is 2.23. The molecule has 0 saturated heterocycles. The number of thiophene rings is 1. The van der Waals surface area contributed by atoms with E-state index in [0.717, 1.165) is 31.6 Å². The maximum Gasteiger partial charge on any atom is 0.290 e. The summed E-state index contributed by atoms with van der Waals surface area (Å²) in [4.78, 5) is 30.8. The number of benzene rings is 1. The van der Waals surface area contributed by atoms with Gasteiger partial charge in [0.1, 0.15) is 0 Å². The highest BCUT2D eigenvalue weighted by Gasteiger charge is 2.43. The van der Waals surface area contributed by atoms with Gasteiger partial charge >= 0.3 is 0 Å². The Kier molecular flexibility index (Phi) is 7.68. The lowest BCUT2D eigenvalue weighted by Gasteiger charge is -2.28. The molecule has 1 aromatic carbocycles. The third kappa shape index (κ3) is 4.91. The van der Waals surface area contributed by atoms with Gasteiger partial charge in [-0.3, -0.25) is 9.59 Å². The molecule has 1 N–H and O–H groups in total. The van der Waals surface area contributed by atoms with Gasteiger partial charge in [-0.05, 0) is 54.5 Å². The van der Waals surface area contributed by atoms with Crippen LogP contribution in [0.5, 0.6) is 0 Å². The van der Waals surface area contributed by atoms with E-state index in [-0.39, 0.29) is 11.4 Å². The molecule has 2 heterocycles. The van der Waals surface area contributed by atoms with Crippen molar-refractivity contribution in [3.8, 4) is 0 Å². The highest BCUT2D eigenvalue weighted by molar-refractivity contribution is 7.12. The molecule has 31 heavy (non-hydrogen) atoms. The van der Waals surface area contributed by atoms with Crippen LogP contribution in [0, 0.1) is 0 Å². The fraction of sp³-hybridized carbons (Fsp3) is 0.440.